The fourth-order valence-corrected chi connectivity index (χ4v) is 2.95. The molecule has 0 atom stereocenters. The van der Waals surface area contributed by atoms with Crippen LogP contribution in [0.1, 0.15) is 11.1 Å². The zero-order valence-corrected chi connectivity index (χ0v) is 16.2. The Morgan fingerprint density at radius 1 is 1.00 bits per heavy atom. The number of carbonyl (C=O) groups excluding carboxylic acids is 2. The number of anilines is 2. The van der Waals surface area contributed by atoms with E-state index < -0.39 is 35.3 Å². The number of ether oxygens (including phenoxy) is 1. The molecule has 10 heteroatoms. The fourth-order valence-electron chi connectivity index (χ4n) is 2.95. The van der Waals surface area contributed by atoms with E-state index in [1.54, 1.807) is 13.0 Å². The van der Waals surface area contributed by atoms with Crippen molar-refractivity contribution < 1.29 is 27.5 Å². The smallest absolute Gasteiger partial charge is 0.404 e. The first kappa shape index (κ1) is 21.6. The molecule has 3 aromatic rings. The Balaban J connectivity index is 2.21. The van der Waals surface area contributed by atoms with E-state index in [9.17, 15) is 22.8 Å². The van der Waals surface area contributed by atoms with Gasteiger partial charge in [0.2, 0.25) is 0 Å². The number of para-hydroxylation sites is 1. The van der Waals surface area contributed by atoms with Crippen LogP contribution >= 0.6 is 0 Å². The molecular weight excluding hydrogens is 413 g/mol. The lowest BCUT2D eigenvalue weighted by Gasteiger charge is -2.22. The van der Waals surface area contributed by atoms with Crippen LogP contribution in [0.25, 0.3) is 11.3 Å². The molecule has 1 heterocycles. The average Bonchev–Trinajstić information content (AvgIpc) is 2.69. The van der Waals surface area contributed by atoms with Gasteiger partial charge in [0.15, 0.2) is 0 Å². The molecule has 31 heavy (non-hydrogen) atoms. The van der Waals surface area contributed by atoms with Crippen molar-refractivity contribution in [2.45, 2.75) is 13.5 Å². The van der Waals surface area contributed by atoms with E-state index >= 15 is 0 Å². The molecule has 3 amide bonds. The van der Waals surface area contributed by atoms with Gasteiger partial charge in [0, 0.05) is 11.1 Å². The fraction of sp³-hybridized carbons (Fsp3) is 0.0952. The Morgan fingerprint density at radius 3 is 2.26 bits per heavy atom. The number of aryl methyl sites for hydroxylation is 1. The monoisotopic (exact) mass is 430 g/mol. The first-order chi connectivity index (χ1) is 14.7. The Morgan fingerprint density at radius 2 is 1.68 bits per heavy atom. The number of urea groups is 1. The maximum Gasteiger partial charge on any atom is 0.404 e. The molecule has 0 aliphatic carbocycles. The van der Waals surface area contributed by atoms with Crippen LogP contribution in [0.5, 0.6) is 0 Å². The van der Waals surface area contributed by atoms with Crippen molar-refractivity contribution in [3.05, 3.63) is 77.1 Å². The highest BCUT2D eigenvalue weighted by Gasteiger charge is 2.25. The maximum atomic E-state index is 14.7. The third-order valence-corrected chi connectivity index (χ3v) is 4.32. The molecule has 160 valence electrons. The zero-order chi connectivity index (χ0) is 22.7. The second-order valence-electron chi connectivity index (χ2n) is 6.51. The predicted molar refractivity (Wildman–Crippen MR) is 107 cm³/mol. The van der Waals surface area contributed by atoms with Crippen molar-refractivity contribution >= 4 is 23.6 Å². The van der Waals surface area contributed by atoms with E-state index in [0.29, 0.717) is 10.5 Å². The van der Waals surface area contributed by atoms with Crippen LogP contribution in [-0.4, -0.2) is 17.1 Å². The summed E-state index contributed by atoms with van der Waals surface area (Å²) in [5.41, 5.74) is 10.5. The van der Waals surface area contributed by atoms with Crippen molar-refractivity contribution in [3.8, 4) is 11.3 Å². The summed E-state index contributed by atoms with van der Waals surface area (Å²) in [6, 6.07) is 8.70. The highest BCUT2D eigenvalue weighted by Crippen LogP contribution is 2.33. The molecule has 0 bridgehead atoms. The topological polar surface area (TPSA) is 112 Å². The van der Waals surface area contributed by atoms with E-state index in [4.69, 9.17) is 16.2 Å². The molecule has 7 nitrogen and oxygen atoms in total. The summed E-state index contributed by atoms with van der Waals surface area (Å²) in [7, 11) is 0. The van der Waals surface area contributed by atoms with Crippen molar-refractivity contribution in [3.63, 3.8) is 0 Å². The number of amides is 3. The highest BCUT2D eigenvalue weighted by molar-refractivity contribution is 5.98. The number of primary amides is 2. The molecule has 1 aromatic heterocycles. The lowest BCUT2D eigenvalue weighted by Crippen LogP contribution is -2.33. The molecule has 0 saturated carbocycles. The molecule has 0 radical (unpaired) electrons. The van der Waals surface area contributed by atoms with Crippen molar-refractivity contribution in [2.24, 2.45) is 11.5 Å². The number of carbonyl (C=O) groups is 2. The molecule has 0 aliphatic heterocycles. The Kier molecular flexibility index (Phi) is 6.10. The number of halogens is 3. The van der Waals surface area contributed by atoms with Gasteiger partial charge >= 0.3 is 12.1 Å². The van der Waals surface area contributed by atoms with Gasteiger partial charge in [-0.05, 0) is 48.9 Å². The van der Waals surface area contributed by atoms with Gasteiger partial charge in [-0.3, -0.25) is 0 Å². The summed E-state index contributed by atoms with van der Waals surface area (Å²) in [5, 5.41) is 0. The molecule has 0 fully saturated rings. The molecule has 0 unspecified atom stereocenters. The largest absolute Gasteiger partial charge is 0.445 e. The van der Waals surface area contributed by atoms with Gasteiger partial charge in [-0.15, -0.1) is 0 Å². The average molecular weight is 430 g/mol. The van der Waals surface area contributed by atoms with Gasteiger partial charge in [-0.1, -0.05) is 12.1 Å². The summed E-state index contributed by atoms with van der Waals surface area (Å²) >= 11 is 0. The lowest BCUT2D eigenvalue weighted by molar-refractivity contribution is 0.150. The van der Waals surface area contributed by atoms with E-state index in [2.05, 4.69) is 4.98 Å². The van der Waals surface area contributed by atoms with Crippen molar-refractivity contribution in [1.29, 1.82) is 0 Å². The minimum absolute atomic E-state index is 0.00828. The first-order valence-corrected chi connectivity index (χ1v) is 8.91. The summed E-state index contributed by atoms with van der Waals surface area (Å²) in [6.07, 6.45) is -1.06. The SMILES string of the molecule is Cc1ccc(-c2nc(N(C(N)=O)c3c(F)cccc3F)ccc2COC(N)=O)c(F)c1. The van der Waals surface area contributed by atoms with Crippen LogP contribution < -0.4 is 16.4 Å². The van der Waals surface area contributed by atoms with E-state index in [1.165, 1.54) is 24.3 Å². The standard InChI is InChI=1S/C21H17F3N4O3/c1-11-5-7-13(16(24)9-11)18-12(10-31-21(26)30)6-8-17(27-18)28(20(25)29)19-14(22)3-2-4-15(19)23/h2-9H,10H2,1H3,(H2,25,29)(H2,26,30). The molecular formula is C21H17F3N4O3. The normalized spacial score (nSPS) is 10.6. The minimum Gasteiger partial charge on any atom is -0.445 e. The quantitative estimate of drug-likeness (QED) is 0.629. The Bertz CT molecular complexity index is 1150. The van der Waals surface area contributed by atoms with Crippen molar-refractivity contribution in [1.82, 2.24) is 4.98 Å². The molecule has 2 aromatic carbocycles. The zero-order valence-electron chi connectivity index (χ0n) is 16.2. The predicted octanol–water partition coefficient (Wildman–Crippen LogP) is 4.29. The number of hydrogen-bond donors (Lipinski definition) is 2. The summed E-state index contributed by atoms with van der Waals surface area (Å²) in [6.45, 7) is 1.33. The van der Waals surface area contributed by atoms with Crippen LogP contribution in [0.4, 0.5) is 34.3 Å². The van der Waals surface area contributed by atoms with E-state index in [1.807, 2.05) is 0 Å². The van der Waals surface area contributed by atoms with E-state index in [-0.39, 0.29) is 29.2 Å². The van der Waals surface area contributed by atoms with Gasteiger partial charge < -0.3 is 16.2 Å². The third kappa shape index (κ3) is 4.58. The summed E-state index contributed by atoms with van der Waals surface area (Å²) < 4.78 is 48.1. The number of aromatic nitrogens is 1. The second-order valence-corrected chi connectivity index (χ2v) is 6.51. The van der Waals surface area contributed by atoms with Gasteiger partial charge in [0.05, 0.1) is 5.69 Å². The molecule has 4 N–H and O–H groups in total. The molecule has 3 rings (SSSR count). The maximum absolute atomic E-state index is 14.7. The summed E-state index contributed by atoms with van der Waals surface area (Å²) in [5.74, 6) is -3.02. The number of pyridine rings is 1. The molecule has 0 spiro atoms. The molecule has 0 saturated heterocycles. The number of hydrogen-bond acceptors (Lipinski definition) is 4. The second kappa shape index (κ2) is 8.74. The van der Waals surface area contributed by atoms with Crippen LogP contribution in [0.3, 0.4) is 0 Å². The minimum atomic E-state index is -1.21. The van der Waals surface area contributed by atoms with Crippen molar-refractivity contribution in [2.75, 3.05) is 4.90 Å². The van der Waals surface area contributed by atoms with Crippen LogP contribution in [0, 0.1) is 24.4 Å². The van der Waals surface area contributed by atoms with Gasteiger partial charge in [0.1, 0.15) is 35.6 Å². The van der Waals surface area contributed by atoms with Gasteiger partial charge in [0.25, 0.3) is 0 Å². The van der Waals surface area contributed by atoms with Crippen LogP contribution in [0.2, 0.25) is 0 Å². The van der Waals surface area contributed by atoms with Gasteiger partial charge in [-0.2, -0.15) is 0 Å². The summed E-state index contributed by atoms with van der Waals surface area (Å²) in [4.78, 5) is 27.8. The third-order valence-electron chi connectivity index (χ3n) is 4.32. The lowest BCUT2D eigenvalue weighted by atomic mass is 10.0. The van der Waals surface area contributed by atoms with Gasteiger partial charge in [-0.25, -0.2) is 32.6 Å². The number of nitrogens with two attached hydrogens (primary N) is 2. The highest BCUT2D eigenvalue weighted by atomic mass is 19.1. The Labute approximate surface area is 175 Å². The molecule has 0 aliphatic rings. The van der Waals surface area contributed by atoms with Crippen LogP contribution in [-0.2, 0) is 11.3 Å². The number of nitrogens with zero attached hydrogens (tertiary/aromatic N) is 2. The number of benzene rings is 2. The van der Waals surface area contributed by atoms with Crippen LogP contribution in [0.15, 0.2) is 48.5 Å². The number of rotatable bonds is 5. The first-order valence-electron chi connectivity index (χ1n) is 8.91. The van der Waals surface area contributed by atoms with E-state index in [0.717, 1.165) is 18.2 Å². The Hall–Kier alpha value is -4.08.